The fourth-order valence-corrected chi connectivity index (χ4v) is 5.24. The van der Waals surface area contributed by atoms with E-state index in [9.17, 15) is 28.8 Å². The number of nitrogens with zero attached hydrogens (tertiary/aromatic N) is 5. The van der Waals surface area contributed by atoms with Gasteiger partial charge in [0.05, 0.1) is 12.9 Å². The van der Waals surface area contributed by atoms with Gasteiger partial charge < -0.3 is 28.3 Å². The van der Waals surface area contributed by atoms with Crippen LogP contribution in [0, 0.1) is 0 Å². The first-order valence-electron chi connectivity index (χ1n) is 14.9. The Kier molecular flexibility index (Phi) is 11.1. The predicted octanol–water partition coefficient (Wildman–Crippen LogP) is 0.555. The quantitative estimate of drug-likeness (QED) is 0.109. The van der Waals surface area contributed by atoms with Gasteiger partial charge in [-0.25, -0.2) is 14.6 Å². The van der Waals surface area contributed by atoms with Crippen LogP contribution < -0.4 is 15.8 Å². The highest BCUT2D eigenvalue weighted by Crippen LogP contribution is 2.31. The minimum Gasteiger partial charge on any atom is -0.463 e. The average Bonchev–Trinajstić information content (AvgIpc) is 3.58. The Bertz CT molecular complexity index is 1730. The molecule has 3 aromatic rings. The molecule has 0 spiro atoms. The Morgan fingerprint density at radius 1 is 0.978 bits per heavy atom. The Hall–Kier alpha value is -4.86. The van der Waals surface area contributed by atoms with E-state index < -0.39 is 59.7 Å². The van der Waals surface area contributed by atoms with Crippen molar-refractivity contribution in [2.45, 2.75) is 84.6 Å². The van der Waals surface area contributed by atoms with E-state index in [2.05, 4.69) is 11.9 Å². The number of rotatable bonds is 13. The lowest BCUT2D eigenvalue weighted by molar-refractivity contribution is -0.765. The Balaban J connectivity index is 1.52. The van der Waals surface area contributed by atoms with Crippen molar-refractivity contribution in [1.82, 2.24) is 18.7 Å². The fraction of sp³-hybridized carbons (Fsp3) is 0.533. The van der Waals surface area contributed by atoms with Gasteiger partial charge in [-0.2, -0.15) is 4.57 Å². The normalized spacial score (nSPS) is 19.2. The molecule has 1 saturated heterocycles. The maximum absolute atomic E-state index is 13.3. The third kappa shape index (κ3) is 7.67. The van der Waals surface area contributed by atoms with Gasteiger partial charge in [-0.1, -0.05) is 19.8 Å². The first kappa shape index (κ1) is 34.0. The predicted molar refractivity (Wildman–Crippen MR) is 157 cm³/mol. The topological polar surface area (TPSA) is 180 Å². The number of unbranched alkanes of at least 4 members (excludes halogenated alkanes) is 2. The summed E-state index contributed by atoms with van der Waals surface area (Å²) in [6, 6.07) is 3.00. The second kappa shape index (κ2) is 14.9. The molecule has 16 heteroatoms. The zero-order valence-electron chi connectivity index (χ0n) is 26.4. The molecule has 4 rings (SSSR count). The Morgan fingerprint density at radius 2 is 1.70 bits per heavy atom. The molecule has 3 aromatic heterocycles. The van der Waals surface area contributed by atoms with Gasteiger partial charge in [0.2, 0.25) is 6.10 Å². The van der Waals surface area contributed by atoms with Gasteiger partial charge in [0.1, 0.15) is 24.9 Å². The summed E-state index contributed by atoms with van der Waals surface area (Å²) in [5.74, 6) is -2.70. The van der Waals surface area contributed by atoms with E-state index in [0.717, 1.165) is 23.8 Å². The van der Waals surface area contributed by atoms with Gasteiger partial charge >= 0.3 is 35.8 Å². The molecule has 1 aliphatic rings. The number of carbonyl (C=O) groups excluding carboxylic acids is 4. The summed E-state index contributed by atoms with van der Waals surface area (Å²) in [6.45, 7) is 5.45. The van der Waals surface area contributed by atoms with Crippen LogP contribution in [0.3, 0.4) is 0 Å². The molecule has 0 N–H and O–H groups in total. The Morgan fingerprint density at radius 3 is 2.37 bits per heavy atom. The summed E-state index contributed by atoms with van der Waals surface area (Å²) in [4.78, 5) is 78.8. The number of aromatic nitrogens is 5. The zero-order valence-corrected chi connectivity index (χ0v) is 26.4. The maximum Gasteiger partial charge on any atom is 0.344 e. The van der Waals surface area contributed by atoms with Gasteiger partial charge in [0.15, 0.2) is 29.7 Å². The van der Waals surface area contributed by atoms with Crippen LogP contribution in [0.15, 0.2) is 40.4 Å². The number of hydrogen-bond acceptors (Lipinski definition) is 12. The molecule has 4 atom stereocenters. The van der Waals surface area contributed by atoms with Crippen molar-refractivity contribution in [3.05, 3.63) is 57.3 Å². The minimum atomic E-state index is -1.15. The van der Waals surface area contributed by atoms with Crippen LogP contribution >= 0.6 is 0 Å². The average molecular weight is 645 g/mol. The molecule has 0 bridgehead atoms. The van der Waals surface area contributed by atoms with Crippen LogP contribution in [0.2, 0.25) is 0 Å². The van der Waals surface area contributed by atoms with Crippen LogP contribution in [0.4, 0.5) is 0 Å². The SMILES string of the molecule is CCCCCn1cnc2c1c(=O)n(CCOC(=O)c1ccc[n+]([C@@H]3O[C@H](COC(C)=O)[C@@H](OC(C)=O)[C@H]3OC(C)=O)c1)c(=O)n2C. The van der Waals surface area contributed by atoms with Crippen LogP contribution in [0.1, 0.15) is 63.5 Å². The van der Waals surface area contributed by atoms with Gasteiger partial charge in [-0.15, -0.1) is 0 Å². The lowest BCUT2D eigenvalue weighted by Gasteiger charge is -2.21. The molecule has 1 aliphatic heterocycles. The number of pyridine rings is 1. The van der Waals surface area contributed by atoms with Crippen LogP contribution in [0.5, 0.6) is 0 Å². The van der Waals surface area contributed by atoms with E-state index in [1.54, 1.807) is 17.1 Å². The van der Waals surface area contributed by atoms with E-state index in [1.807, 2.05) is 0 Å². The Labute approximate surface area is 263 Å². The van der Waals surface area contributed by atoms with Crippen molar-refractivity contribution < 1.29 is 47.4 Å². The molecule has 4 heterocycles. The van der Waals surface area contributed by atoms with E-state index in [0.29, 0.717) is 12.1 Å². The zero-order chi connectivity index (χ0) is 33.5. The number of aryl methyl sites for hydroxylation is 2. The molecule has 0 amide bonds. The van der Waals surface area contributed by atoms with Crippen molar-refractivity contribution in [3.63, 3.8) is 0 Å². The molecule has 16 nitrogen and oxygen atoms in total. The number of carbonyl (C=O) groups is 4. The molecule has 0 aromatic carbocycles. The largest absolute Gasteiger partial charge is 0.463 e. The number of imidazole rings is 1. The van der Waals surface area contributed by atoms with Gasteiger partial charge in [-0.3, -0.25) is 28.3 Å². The van der Waals surface area contributed by atoms with Crippen LogP contribution in [-0.4, -0.2) is 74.1 Å². The minimum absolute atomic E-state index is 0.0739. The maximum atomic E-state index is 13.3. The van der Waals surface area contributed by atoms with Gasteiger partial charge in [-0.05, 0) is 12.5 Å². The molecular formula is C30H38N5O11+. The summed E-state index contributed by atoms with van der Waals surface area (Å²) in [5.41, 5.74) is -0.469. The van der Waals surface area contributed by atoms with Crippen LogP contribution in [0.25, 0.3) is 11.2 Å². The molecule has 248 valence electrons. The highest BCUT2D eigenvalue weighted by molar-refractivity contribution is 5.88. The standard InChI is InChI=1S/C30H38N5O11/c1-6-7-8-11-34-17-31-26-23(34)27(39)35(30(41)32(26)5)13-14-42-29(40)21-10-9-12-33(15-21)28-25(45-20(4)38)24(44-19(3)37)22(46-28)16-43-18(2)36/h9-10,12,15,17,22,24-25,28H,6-8,11,13-14,16H2,1-5H3/q+1/t22-,24-,25-,28-/m1/s1. The van der Waals surface area contributed by atoms with Crippen molar-refractivity contribution in [1.29, 1.82) is 0 Å². The number of ether oxygens (including phenoxy) is 5. The number of fused-ring (bicyclic) bond motifs is 1. The summed E-state index contributed by atoms with van der Waals surface area (Å²) in [7, 11) is 1.52. The van der Waals surface area contributed by atoms with E-state index >= 15 is 0 Å². The smallest absolute Gasteiger partial charge is 0.344 e. The summed E-state index contributed by atoms with van der Waals surface area (Å²) in [5, 5.41) is 0. The third-order valence-corrected chi connectivity index (χ3v) is 7.34. The highest BCUT2D eigenvalue weighted by atomic mass is 16.7. The lowest BCUT2D eigenvalue weighted by Crippen LogP contribution is -2.48. The van der Waals surface area contributed by atoms with Crippen molar-refractivity contribution in [3.8, 4) is 0 Å². The first-order valence-corrected chi connectivity index (χ1v) is 14.9. The first-order chi connectivity index (χ1) is 21.9. The molecule has 0 saturated carbocycles. The fourth-order valence-electron chi connectivity index (χ4n) is 5.24. The van der Waals surface area contributed by atoms with E-state index in [-0.39, 0.29) is 31.0 Å². The summed E-state index contributed by atoms with van der Waals surface area (Å²) >= 11 is 0. The van der Waals surface area contributed by atoms with Crippen molar-refractivity contribution >= 4 is 35.0 Å². The van der Waals surface area contributed by atoms with Crippen molar-refractivity contribution in [2.75, 3.05) is 13.2 Å². The van der Waals surface area contributed by atoms with Crippen molar-refractivity contribution in [2.24, 2.45) is 7.05 Å². The highest BCUT2D eigenvalue weighted by Gasteiger charge is 2.54. The second-order valence-electron chi connectivity index (χ2n) is 10.8. The molecule has 0 unspecified atom stereocenters. The monoisotopic (exact) mass is 644 g/mol. The second-order valence-corrected chi connectivity index (χ2v) is 10.8. The molecule has 46 heavy (non-hydrogen) atoms. The van der Waals surface area contributed by atoms with E-state index in [1.165, 1.54) is 55.3 Å². The van der Waals surface area contributed by atoms with E-state index in [4.69, 9.17) is 23.7 Å². The summed E-state index contributed by atoms with van der Waals surface area (Å²) < 4.78 is 32.8. The number of hydrogen-bond donors (Lipinski definition) is 0. The molecule has 1 fully saturated rings. The number of esters is 4. The van der Waals surface area contributed by atoms with Gasteiger partial charge in [0.25, 0.3) is 5.56 Å². The lowest BCUT2D eigenvalue weighted by atomic mass is 10.1. The third-order valence-electron chi connectivity index (χ3n) is 7.34. The molecular weight excluding hydrogens is 606 g/mol. The summed E-state index contributed by atoms with van der Waals surface area (Å²) in [6.07, 6.45) is 2.99. The van der Waals surface area contributed by atoms with Gasteiger partial charge in [0, 0.05) is 40.4 Å². The molecule has 0 radical (unpaired) electrons. The van der Waals surface area contributed by atoms with Crippen LogP contribution in [-0.2, 0) is 58.2 Å². The molecule has 0 aliphatic carbocycles.